The first-order chi connectivity index (χ1) is 9.78. The summed E-state index contributed by atoms with van der Waals surface area (Å²) in [5.41, 5.74) is 5.04. The van der Waals surface area contributed by atoms with E-state index < -0.39 is 0 Å². The second-order valence-corrected chi connectivity index (χ2v) is 5.33. The highest BCUT2D eigenvalue weighted by molar-refractivity contribution is 6.04. The molecule has 0 heterocycles. The number of carbonyl (C=O) groups excluding carboxylic acids is 1. The van der Waals surface area contributed by atoms with Crippen molar-refractivity contribution in [2.24, 2.45) is 0 Å². The maximum atomic E-state index is 11.7. The predicted octanol–water partition coefficient (Wildman–Crippen LogP) is 2.99. The van der Waals surface area contributed by atoms with E-state index in [1.54, 1.807) is 0 Å². The first-order valence-electron chi connectivity index (χ1n) is 7.21. The van der Waals surface area contributed by atoms with Gasteiger partial charge in [0.05, 0.1) is 6.04 Å². The number of hydrogen-bond acceptors (Lipinski definition) is 2. The van der Waals surface area contributed by atoms with E-state index in [4.69, 9.17) is 0 Å². The maximum Gasteiger partial charge on any atom is 0.180 e. The lowest BCUT2D eigenvalue weighted by Gasteiger charge is -2.11. The van der Waals surface area contributed by atoms with Crippen LogP contribution in [-0.4, -0.2) is 18.4 Å². The zero-order chi connectivity index (χ0) is 13.9. The van der Waals surface area contributed by atoms with Crippen LogP contribution in [0.2, 0.25) is 0 Å². The molecule has 1 atom stereocenters. The minimum Gasteiger partial charge on any atom is -0.307 e. The van der Waals surface area contributed by atoms with E-state index in [0.29, 0.717) is 0 Å². The van der Waals surface area contributed by atoms with Gasteiger partial charge in [-0.1, -0.05) is 55.5 Å². The normalized spacial score (nSPS) is 17.9. The van der Waals surface area contributed by atoms with Crippen LogP contribution < -0.4 is 5.32 Å². The van der Waals surface area contributed by atoms with Crippen LogP contribution in [0.25, 0.3) is 0 Å². The number of benzene rings is 2. The van der Waals surface area contributed by atoms with Crippen molar-refractivity contribution in [2.75, 3.05) is 6.54 Å². The Kier molecular flexibility index (Phi) is 3.66. The Morgan fingerprint density at radius 3 is 2.30 bits per heavy atom. The molecule has 2 bridgehead atoms. The number of nitrogens with one attached hydrogen (secondary N) is 1. The summed E-state index contributed by atoms with van der Waals surface area (Å²) in [6.07, 6.45) is 2.07. The molecule has 0 spiro atoms. The number of likely N-dealkylation sites (N-methyl/N-ethyl adjacent to an activating group) is 1. The molecule has 2 nitrogen and oxygen atoms in total. The molecule has 0 amide bonds. The fraction of sp³-hybridized carbons (Fsp3) is 0.278. The third kappa shape index (κ3) is 2.52. The van der Waals surface area contributed by atoms with Gasteiger partial charge >= 0.3 is 0 Å². The molecular weight excluding hydrogens is 246 g/mol. The summed E-state index contributed by atoms with van der Waals surface area (Å²) in [6.45, 7) is 2.88. The highest BCUT2D eigenvalue weighted by Gasteiger charge is 2.28. The van der Waals surface area contributed by atoms with Crippen LogP contribution in [0.1, 0.15) is 34.0 Å². The van der Waals surface area contributed by atoms with Gasteiger partial charge in [-0.2, -0.15) is 0 Å². The predicted molar refractivity (Wildman–Crippen MR) is 81.2 cm³/mol. The lowest BCUT2D eigenvalue weighted by atomic mass is 9.94. The lowest BCUT2D eigenvalue weighted by Crippen LogP contribution is -2.33. The Hall–Kier alpha value is -1.93. The fourth-order valence-electron chi connectivity index (χ4n) is 2.80. The van der Waals surface area contributed by atoms with E-state index in [1.165, 1.54) is 23.1 Å². The van der Waals surface area contributed by atoms with Gasteiger partial charge in [0.1, 0.15) is 0 Å². The van der Waals surface area contributed by atoms with Gasteiger partial charge in [0.25, 0.3) is 0 Å². The van der Waals surface area contributed by atoms with Crippen molar-refractivity contribution >= 4 is 5.78 Å². The van der Waals surface area contributed by atoms with Gasteiger partial charge in [-0.05, 0) is 36.1 Å². The molecule has 20 heavy (non-hydrogen) atoms. The molecule has 0 aliphatic heterocycles. The van der Waals surface area contributed by atoms with Crippen molar-refractivity contribution in [3.05, 3.63) is 70.8 Å². The van der Waals surface area contributed by atoms with Gasteiger partial charge in [0.15, 0.2) is 5.78 Å². The quantitative estimate of drug-likeness (QED) is 0.771. The second-order valence-electron chi connectivity index (χ2n) is 5.33. The maximum absolute atomic E-state index is 11.7. The number of rotatable bonds is 2. The summed E-state index contributed by atoms with van der Waals surface area (Å²) in [7, 11) is 0. The summed E-state index contributed by atoms with van der Waals surface area (Å²) in [5.74, 6) is 0.248. The van der Waals surface area contributed by atoms with E-state index in [2.05, 4.69) is 29.6 Å². The molecule has 0 saturated carbocycles. The molecule has 3 aliphatic rings. The average molecular weight is 265 g/mol. The monoisotopic (exact) mass is 265 g/mol. The van der Waals surface area contributed by atoms with Gasteiger partial charge in [0.2, 0.25) is 0 Å². The topological polar surface area (TPSA) is 29.1 Å². The molecule has 5 rings (SSSR count). The first kappa shape index (κ1) is 13.1. The summed E-state index contributed by atoms with van der Waals surface area (Å²) >= 11 is 0. The molecule has 0 saturated heterocycles. The fourth-order valence-corrected chi connectivity index (χ4v) is 2.80. The summed E-state index contributed by atoms with van der Waals surface area (Å²) in [5, 5.41) is 3.19. The number of hydrogen-bond donors (Lipinski definition) is 1. The highest BCUT2D eigenvalue weighted by Crippen LogP contribution is 2.21. The number of carbonyl (C=O) groups is 1. The van der Waals surface area contributed by atoms with Crippen molar-refractivity contribution < 1.29 is 4.79 Å². The van der Waals surface area contributed by atoms with Crippen LogP contribution >= 0.6 is 0 Å². The third-order valence-electron chi connectivity index (χ3n) is 3.87. The van der Waals surface area contributed by atoms with E-state index >= 15 is 0 Å². The highest BCUT2D eigenvalue weighted by atomic mass is 16.1. The summed E-state index contributed by atoms with van der Waals surface area (Å²) in [4.78, 5) is 11.7. The SMILES string of the molecule is CCNC1Cc2ccccc2C1=O.c1cc2cc(c1)C2. The van der Waals surface area contributed by atoms with Crippen molar-refractivity contribution in [3.8, 4) is 0 Å². The zero-order valence-corrected chi connectivity index (χ0v) is 11.7. The van der Waals surface area contributed by atoms with Crippen LogP contribution in [-0.2, 0) is 12.8 Å². The average Bonchev–Trinajstić information content (AvgIpc) is 2.78. The molecule has 0 fully saturated rings. The molecule has 3 aliphatic carbocycles. The van der Waals surface area contributed by atoms with E-state index in [0.717, 1.165) is 18.5 Å². The van der Waals surface area contributed by atoms with Crippen molar-refractivity contribution in [2.45, 2.75) is 25.8 Å². The summed E-state index contributed by atoms with van der Waals surface area (Å²) < 4.78 is 0. The molecular formula is C18H19NO. The number of fused-ring (bicyclic) bond motifs is 3. The molecule has 1 N–H and O–H groups in total. The van der Waals surface area contributed by atoms with Crippen LogP contribution in [0.5, 0.6) is 0 Å². The first-order valence-corrected chi connectivity index (χ1v) is 7.21. The summed E-state index contributed by atoms with van der Waals surface area (Å²) in [6, 6.07) is 16.5. The third-order valence-corrected chi connectivity index (χ3v) is 3.87. The minimum atomic E-state index is 0.0161. The van der Waals surface area contributed by atoms with Gasteiger partial charge in [-0.3, -0.25) is 4.79 Å². The smallest absolute Gasteiger partial charge is 0.180 e. The van der Waals surface area contributed by atoms with Crippen molar-refractivity contribution in [3.63, 3.8) is 0 Å². The molecule has 1 unspecified atom stereocenters. The zero-order valence-electron chi connectivity index (χ0n) is 11.7. The molecule has 2 aromatic rings. The van der Waals surface area contributed by atoms with Crippen LogP contribution in [0, 0.1) is 0 Å². The Balaban J connectivity index is 0.000000144. The number of Topliss-reactive ketones (excluding diaryl/α,β-unsaturated/α-hetero) is 1. The van der Waals surface area contributed by atoms with Crippen molar-refractivity contribution in [1.82, 2.24) is 5.32 Å². The molecule has 102 valence electrons. The Morgan fingerprint density at radius 1 is 1.10 bits per heavy atom. The van der Waals surface area contributed by atoms with Crippen LogP contribution in [0.4, 0.5) is 0 Å². The Morgan fingerprint density at radius 2 is 1.80 bits per heavy atom. The minimum absolute atomic E-state index is 0.0161. The van der Waals surface area contributed by atoms with E-state index in [-0.39, 0.29) is 11.8 Å². The lowest BCUT2D eigenvalue weighted by molar-refractivity contribution is 0.0959. The molecule has 0 radical (unpaired) electrons. The Bertz CT molecular complexity index is 608. The largest absolute Gasteiger partial charge is 0.307 e. The second kappa shape index (κ2) is 5.59. The van der Waals surface area contributed by atoms with Gasteiger partial charge in [-0.25, -0.2) is 0 Å². The molecule has 2 heteroatoms. The molecule has 2 aromatic carbocycles. The van der Waals surface area contributed by atoms with E-state index in [9.17, 15) is 4.79 Å². The molecule has 0 aromatic heterocycles. The van der Waals surface area contributed by atoms with Crippen LogP contribution in [0.15, 0.2) is 48.5 Å². The van der Waals surface area contributed by atoms with E-state index in [1.807, 2.05) is 31.2 Å². The van der Waals surface area contributed by atoms with Gasteiger partial charge in [0, 0.05) is 5.56 Å². The Labute approximate surface area is 119 Å². The standard InChI is InChI=1S/C11H13NO.C7H6/c1-2-12-10-7-8-5-3-4-6-9(8)11(10)13;1-2-6-4-7(3-1)5-6/h3-6,10,12H,2,7H2,1H3;1-4H,5H2. The van der Waals surface area contributed by atoms with Gasteiger partial charge in [-0.15, -0.1) is 0 Å². The van der Waals surface area contributed by atoms with Gasteiger partial charge < -0.3 is 5.32 Å². The van der Waals surface area contributed by atoms with Crippen LogP contribution in [0.3, 0.4) is 0 Å². The number of ketones is 1. The van der Waals surface area contributed by atoms with Crippen molar-refractivity contribution in [1.29, 1.82) is 0 Å².